The lowest BCUT2D eigenvalue weighted by atomic mass is 9.98. The summed E-state index contributed by atoms with van der Waals surface area (Å²) >= 11 is 0. The first-order valence-electron chi connectivity index (χ1n) is 3.44. The molecular weight excluding hydrogens is 163 g/mol. The van der Waals surface area contributed by atoms with Gasteiger partial charge in [0.05, 0.1) is 0 Å². The van der Waals surface area contributed by atoms with Gasteiger partial charge in [-0.25, -0.2) is 9.18 Å². The lowest BCUT2D eigenvalue weighted by Gasteiger charge is -2.08. The molecule has 0 aromatic carbocycles. The maximum atomic E-state index is 12.8. The molecule has 12 heavy (non-hydrogen) atoms. The second kappa shape index (κ2) is 3.30. The molecule has 1 aliphatic carbocycles. The Morgan fingerprint density at radius 2 is 2.33 bits per heavy atom. The van der Waals surface area contributed by atoms with Gasteiger partial charge in [-0.2, -0.15) is 0 Å². The van der Waals surface area contributed by atoms with Gasteiger partial charge in [-0.05, 0) is 6.42 Å². The molecule has 1 N–H and O–H groups in total. The van der Waals surface area contributed by atoms with Crippen LogP contribution in [0, 0.1) is 0 Å². The van der Waals surface area contributed by atoms with Crippen LogP contribution in [0.2, 0.25) is 0 Å². The van der Waals surface area contributed by atoms with Gasteiger partial charge < -0.3 is 5.11 Å². The average Bonchev–Trinajstić information content (AvgIpc) is 2.03. The van der Waals surface area contributed by atoms with Gasteiger partial charge in [-0.3, -0.25) is 4.79 Å². The van der Waals surface area contributed by atoms with Gasteiger partial charge in [0.15, 0.2) is 6.29 Å². The Bertz CT molecular complexity index is 289. The quantitative estimate of drug-likeness (QED) is 0.634. The van der Waals surface area contributed by atoms with E-state index in [1.54, 1.807) is 0 Å². The Balaban J connectivity index is 3.11. The molecule has 0 saturated carbocycles. The summed E-state index contributed by atoms with van der Waals surface area (Å²) in [5.74, 6) is -2.10. The maximum Gasteiger partial charge on any atom is 0.339 e. The molecule has 0 saturated heterocycles. The van der Waals surface area contributed by atoms with Crippen LogP contribution in [0.1, 0.15) is 12.8 Å². The molecule has 0 amide bonds. The van der Waals surface area contributed by atoms with Gasteiger partial charge in [0.1, 0.15) is 11.4 Å². The number of carboxylic acids is 1. The first-order chi connectivity index (χ1) is 5.66. The zero-order chi connectivity index (χ0) is 9.14. The van der Waals surface area contributed by atoms with Crippen LogP contribution in [-0.4, -0.2) is 17.4 Å². The minimum atomic E-state index is -1.38. The summed E-state index contributed by atoms with van der Waals surface area (Å²) in [6, 6.07) is 0. The van der Waals surface area contributed by atoms with Crippen LogP contribution in [0.25, 0.3) is 0 Å². The molecule has 0 spiro atoms. The molecular formula is C8H7FO3. The van der Waals surface area contributed by atoms with Gasteiger partial charge >= 0.3 is 5.97 Å². The van der Waals surface area contributed by atoms with E-state index in [-0.39, 0.29) is 12.0 Å². The van der Waals surface area contributed by atoms with Crippen LogP contribution in [0.3, 0.4) is 0 Å². The van der Waals surface area contributed by atoms with E-state index < -0.39 is 17.4 Å². The van der Waals surface area contributed by atoms with Crippen molar-refractivity contribution in [2.24, 2.45) is 0 Å². The number of carbonyl (C=O) groups excluding carboxylic acids is 1. The number of hydrogen-bond donors (Lipinski definition) is 1. The van der Waals surface area contributed by atoms with Crippen molar-refractivity contribution in [3.8, 4) is 0 Å². The number of aliphatic carboxylic acids is 1. The zero-order valence-corrected chi connectivity index (χ0v) is 6.21. The van der Waals surface area contributed by atoms with Crippen molar-refractivity contribution in [1.82, 2.24) is 0 Å². The van der Waals surface area contributed by atoms with Crippen molar-refractivity contribution in [3.05, 3.63) is 23.0 Å². The lowest BCUT2D eigenvalue weighted by Crippen LogP contribution is -2.09. The maximum absolute atomic E-state index is 12.8. The average molecular weight is 170 g/mol. The second-order valence-electron chi connectivity index (χ2n) is 2.40. The fraction of sp³-hybridized carbons (Fsp3) is 0.250. The number of carboxylic acid groups (broad SMARTS) is 1. The van der Waals surface area contributed by atoms with Gasteiger partial charge in [0.25, 0.3) is 0 Å². The third-order valence-corrected chi connectivity index (χ3v) is 1.63. The highest BCUT2D eigenvalue weighted by Crippen LogP contribution is 2.24. The van der Waals surface area contributed by atoms with Crippen molar-refractivity contribution < 1.29 is 19.1 Å². The van der Waals surface area contributed by atoms with Crippen LogP contribution in [-0.2, 0) is 9.59 Å². The molecule has 1 aliphatic rings. The number of aldehydes is 1. The number of rotatable bonds is 2. The van der Waals surface area contributed by atoms with E-state index in [0.29, 0.717) is 12.7 Å². The van der Waals surface area contributed by atoms with Crippen molar-refractivity contribution in [2.75, 3.05) is 0 Å². The van der Waals surface area contributed by atoms with E-state index in [1.807, 2.05) is 0 Å². The smallest absolute Gasteiger partial charge is 0.339 e. The Labute approximate surface area is 68.2 Å². The third kappa shape index (κ3) is 1.42. The molecule has 0 radical (unpaired) electrons. The summed E-state index contributed by atoms with van der Waals surface area (Å²) in [6.45, 7) is 0. The summed E-state index contributed by atoms with van der Waals surface area (Å²) in [5, 5.41) is 8.51. The number of hydrogen-bond acceptors (Lipinski definition) is 2. The molecule has 0 atom stereocenters. The predicted molar refractivity (Wildman–Crippen MR) is 39.2 cm³/mol. The van der Waals surface area contributed by atoms with Crippen molar-refractivity contribution in [3.63, 3.8) is 0 Å². The summed E-state index contributed by atoms with van der Waals surface area (Å²) in [4.78, 5) is 20.7. The standard InChI is InChI=1S/C8H7FO3/c9-6-3-1-2-5(4-10)7(6)8(11)12/h2,4H,1,3H2,(H,11,12). The number of halogens is 1. The molecule has 0 aromatic heterocycles. The van der Waals surface area contributed by atoms with Crippen LogP contribution >= 0.6 is 0 Å². The van der Waals surface area contributed by atoms with Crippen LogP contribution in [0.4, 0.5) is 4.39 Å². The summed E-state index contributed by atoms with van der Waals surface area (Å²) < 4.78 is 12.8. The minimum Gasteiger partial charge on any atom is -0.478 e. The fourth-order valence-corrected chi connectivity index (χ4v) is 1.08. The normalized spacial score (nSPS) is 17.2. The Hall–Kier alpha value is -1.45. The van der Waals surface area contributed by atoms with Crippen molar-refractivity contribution >= 4 is 12.3 Å². The Morgan fingerprint density at radius 3 is 2.75 bits per heavy atom. The van der Waals surface area contributed by atoms with Crippen LogP contribution in [0.15, 0.2) is 23.0 Å². The molecule has 0 bridgehead atoms. The molecule has 0 unspecified atom stereocenters. The van der Waals surface area contributed by atoms with E-state index in [1.165, 1.54) is 6.08 Å². The largest absolute Gasteiger partial charge is 0.478 e. The van der Waals surface area contributed by atoms with Gasteiger partial charge in [-0.1, -0.05) is 6.08 Å². The van der Waals surface area contributed by atoms with E-state index >= 15 is 0 Å². The van der Waals surface area contributed by atoms with Gasteiger partial charge in [0, 0.05) is 12.0 Å². The minimum absolute atomic E-state index is 0.0637. The van der Waals surface area contributed by atoms with E-state index in [4.69, 9.17) is 5.11 Å². The predicted octanol–water partition coefficient (Wildman–Crippen LogP) is 1.21. The molecule has 0 aromatic rings. The molecule has 4 heteroatoms. The number of allylic oxidation sites excluding steroid dienone is 2. The van der Waals surface area contributed by atoms with E-state index in [9.17, 15) is 14.0 Å². The summed E-state index contributed by atoms with van der Waals surface area (Å²) in [6.07, 6.45) is 2.25. The summed E-state index contributed by atoms with van der Waals surface area (Å²) in [7, 11) is 0. The summed E-state index contributed by atoms with van der Waals surface area (Å²) in [5.41, 5.74) is -0.553. The van der Waals surface area contributed by atoms with Crippen LogP contribution < -0.4 is 0 Å². The SMILES string of the molecule is O=CC1=CCCC(F)=C1C(=O)O. The molecule has 64 valence electrons. The molecule has 0 aliphatic heterocycles. The van der Waals surface area contributed by atoms with Crippen molar-refractivity contribution in [1.29, 1.82) is 0 Å². The topological polar surface area (TPSA) is 54.4 Å². The molecule has 0 heterocycles. The zero-order valence-electron chi connectivity index (χ0n) is 6.21. The first-order valence-corrected chi connectivity index (χ1v) is 3.44. The first kappa shape index (κ1) is 8.64. The highest BCUT2D eigenvalue weighted by molar-refractivity contribution is 6.01. The van der Waals surface area contributed by atoms with Crippen molar-refractivity contribution in [2.45, 2.75) is 12.8 Å². The Kier molecular flexibility index (Phi) is 2.38. The van der Waals surface area contributed by atoms with Crippen LogP contribution in [0.5, 0.6) is 0 Å². The monoisotopic (exact) mass is 170 g/mol. The van der Waals surface area contributed by atoms with Gasteiger partial charge in [-0.15, -0.1) is 0 Å². The fourth-order valence-electron chi connectivity index (χ4n) is 1.08. The molecule has 1 rings (SSSR count). The number of carbonyl (C=O) groups is 2. The van der Waals surface area contributed by atoms with Gasteiger partial charge in [0.2, 0.25) is 0 Å². The lowest BCUT2D eigenvalue weighted by molar-refractivity contribution is -0.132. The molecule has 0 fully saturated rings. The second-order valence-corrected chi connectivity index (χ2v) is 2.40. The third-order valence-electron chi connectivity index (χ3n) is 1.63. The molecule has 3 nitrogen and oxygen atoms in total. The van der Waals surface area contributed by atoms with E-state index in [0.717, 1.165) is 0 Å². The highest BCUT2D eigenvalue weighted by Gasteiger charge is 2.21. The highest BCUT2D eigenvalue weighted by atomic mass is 19.1. The Morgan fingerprint density at radius 1 is 1.67 bits per heavy atom. The van der Waals surface area contributed by atoms with E-state index in [2.05, 4.69) is 0 Å².